The van der Waals surface area contributed by atoms with Crippen LogP contribution in [0.5, 0.6) is 5.75 Å². The Bertz CT molecular complexity index is 741. The van der Waals surface area contributed by atoms with Crippen molar-refractivity contribution < 1.29 is 5.11 Å². The monoisotopic (exact) mass is 314 g/mol. The van der Waals surface area contributed by atoms with E-state index in [0.29, 0.717) is 5.75 Å². The molecule has 3 aromatic rings. The Morgan fingerprint density at radius 3 is 1.58 bits per heavy atom. The van der Waals surface area contributed by atoms with Crippen molar-refractivity contribution in [2.75, 3.05) is 0 Å². The average Bonchev–Trinajstić information content (AvgIpc) is 2.61. The Morgan fingerprint density at radius 2 is 1.17 bits per heavy atom. The van der Waals surface area contributed by atoms with Crippen LogP contribution in [0.2, 0.25) is 0 Å². The first kappa shape index (κ1) is 16.1. The topological polar surface area (TPSA) is 20.2 Å². The number of allylic oxidation sites excluding steroid dienone is 1. The number of aromatic hydroxyl groups is 1. The van der Waals surface area contributed by atoms with Gasteiger partial charge in [0.05, 0.1) is 0 Å². The lowest BCUT2D eigenvalue weighted by Crippen LogP contribution is -1.97. The Hall–Kier alpha value is -2.80. The molecule has 0 aromatic heterocycles. The van der Waals surface area contributed by atoms with Crippen LogP contribution in [0, 0.1) is 0 Å². The van der Waals surface area contributed by atoms with E-state index in [9.17, 15) is 5.11 Å². The molecule has 1 heteroatoms. The van der Waals surface area contributed by atoms with E-state index in [1.54, 1.807) is 0 Å². The van der Waals surface area contributed by atoms with Crippen molar-refractivity contribution in [1.82, 2.24) is 0 Å². The van der Waals surface area contributed by atoms with E-state index < -0.39 is 0 Å². The van der Waals surface area contributed by atoms with Gasteiger partial charge in [-0.1, -0.05) is 78.9 Å². The molecule has 0 heterocycles. The molecule has 1 nitrogen and oxygen atoms in total. The van der Waals surface area contributed by atoms with Gasteiger partial charge in [0, 0.05) is 12.8 Å². The van der Waals surface area contributed by atoms with E-state index in [1.165, 1.54) is 16.7 Å². The molecule has 3 rings (SSSR count). The minimum atomic E-state index is 0.413. The SMILES string of the molecule is C=CCc1cc(Cc2ccccc2)c(O)c(Cc2ccccc2)c1. The van der Waals surface area contributed by atoms with Gasteiger partial charge in [-0.3, -0.25) is 0 Å². The van der Waals surface area contributed by atoms with E-state index in [4.69, 9.17) is 0 Å². The standard InChI is InChI=1S/C23H22O/c1-2-9-20-16-21(14-18-10-5-3-6-11-18)23(24)22(17-20)15-19-12-7-4-8-13-19/h2-8,10-13,16-17,24H,1,9,14-15H2. The molecule has 0 amide bonds. The highest BCUT2D eigenvalue weighted by atomic mass is 16.3. The van der Waals surface area contributed by atoms with Crippen molar-refractivity contribution in [3.8, 4) is 5.75 Å². The third-order valence-corrected chi connectivity index (χ3v) is 4.18. The minimum absolute atomic E-state index is 0.413. The summed E-state index contributed by atoms with van der Waals surface area (Å²) in [4.78, 5) is 0. The highest BCUT2D eigenvalue weighted by Gasteiger charge is 2.11. The number of phenolic OH excluding ortho intramolecular Hbond substituents is 1. The Morgan fingerprint density at radius 1 is 0.708 bits per heavy atom. The van der Waals surface area contributed by atoms with Gasteiger partial charge >= 0.3 is 0 Å². The van der Waals surface area contributed by atoms with Crippen LogP contribution < -0.4 is 0 Å². The molecule has 0 unspecified atom stereocenters. The molecular formula is C23H22O. The highest BCUT2D eigenvalue weighted by molar-refractivity contribution is 5.48. The number of hydrogen-bond acceptors (Lipinski definition) is 1. The summed E-state index contributed by atoms with van der Waals surface area (Å²) in [6.45, 7) is 3.84. The van der Waals surface area contributed by atoms with Crippen LogP contribution in [0.3, 0.4) is 0 Å². The number of hydrogen-bond donors (Lipinski definition) is 1. The van der Waals surface area contributed by atoms with Gasteiger partial charge in [0.1, 0.15) is 5.75 Å². The van der Waals surface area contributed by atoms with Gasteiger partial charge in [0.25, 0.3) is 0 Å². The second-order valence-electron chi connectivity index (χ2n) is 6.08. The predicted molar refractivity (Wildman–Crippen MR) is 101 cm³/mol. The Labute approximate surface area is 143 Å². The molecule has 0 spiro atoms. The number of rotatable bonds is 6. The fourth-order valence-corrected chi connectivity index (χ4v) is 3.02. The van der Waals surface area contributed by atoms with E-state index in [2.05, 4.69) is 43.0 Å². The molecule has 0 aliphatic heterocycles. The molecule has 0 atom stereocenters. The van der Waals surface area contributed by atoms with E-state index in [0.717, 1.165) is 30.4 Å². The second-order valence-corrected chi connectivity index (χ2v) is 6.08. The summed E-state index contributed by atoms with van der Waals surface area (Å²) in [5.74, 6) is 0.413. The maximum atomic E-state index is 10.8. The van der Waals surface area contributed by atoms with Crippen LogP contribution in [-0.2, 0) is 19.3 Å². The number of benzene rings is 3. The van der Waals surface area contributed by atoms with Crippen molar-refractivity contribution in [1.29, 1.82) is 0 Å². The second kappa shape index (κ2) is 7.65. The first-order valence-electron chi connectivity index (χ1n) is 8.28. The van der Waals surface area contributed by atoms with Crippen LogP contribution in [0.4, 0.5) is 0 Å². The van der Waals surface area contributed by atoms with Crippen LogP contribution in [0.1, 0.15) is 27.8 Å². The smallest absolute Gasteiger partial charge is 0.122 e. The van der Waals surface area contributed by atoms with Crippen molar-refractivity contribution in [3.63, 3.8) is 0 Å². The summed E-state index contributed by atoms with van der Waals surface area (Å²) in [6, 6.07) is 24.7. The predicted octanol–water partition coefficient (Wildman–Crippen LogP) is 5.30. The van der Waals surface area contributed by atoms with Gasteiger partial charge in [-0.15, -0.1) is 6.58 Å². The maximum Gasteiger partial charge on any atom is 0.122 e. The zero-order chi connectivity index (χ0) is 16.8. The molecule has 120 valence electrons. The normalized spacial score (nSPS) is 10.5. The van der Waals surface area contributed by atoms with E-state index >= 15 is 0 Å². The third kappa shape index (κ3) is 3.94. The van der Waals surface area contributed by atoms with Crippen LogP contribution in [0.25, 0.3) is 0 Å². The average molecular weight is 314 g/mol. The van der Waals surface area contributed by atoms with Crippen LogP contribution in [-0.4, -0.2) is 5.11 Å². The Balaban J connectivity index is 1.96. The van der Waals surface area contributed by atoms with Gasteiger partial charge in [-0.2, -0.15) is 0 Å². The summed E-state index contributed by atoms with van der Waals surface area (Å²) in [7, 11) is 0. The van der Waals surface area contributed by atoms with Crippen molar-refractivity contribution in [3.05, 3.63) is 113 Å². The van der Waals surface area contributed by atoms with Gasteiger partial charge in [0.15, 0.2) is 0 Å². The van der Waals surface area contributed by atoms with Crippen molar-refractivity contribution in [2.24, 2.45) is 0 Å². The molecule has 1 N–H and O–H groups in total. The molecule has 0 aliphatic rings. The molecule has 0 fully saturated rings. The third-order valence-electron chi connectivity index (χ3n) is 4.18. The molecule has 3 aromatic carbocycles. The molecular weight excluding hydrogens is 292 g/mol. The first-order chi connectivity index (χ1) is 11.8. The van der Waals surface area contributed by atoms with Crippen LogP contribution >= 0.6 is 0 Å². The van der Waals surface area contributed by atoms with Crippen molar-refractivity contribution in [2.45, 2.75) is 19.3 Å². The maximum absolute atomic E-state index is 10.8. The Kier molecular flexibility index (Phi) is 5.12. The highest BCUT2D eigenvalue weighted by Crippen LogP contribution is 2.29. The minimum Gasteiger partial charge on any atom is -0.507 e. The fraction of sp³-hybridized carbons (Fsp3) is 0.130. The number of phenols is 1. The molecule has 0 saturated heterocycles. The van der Waals surface area contributed by atoms with Crippen molar-refractivity contribution >= 4 is 0 Å². The summed E-state index contributed by atoms with van der Waals surface area (Å²) >= 11 is 0. The van der Waals surface area contributed by atoms with E-state index in [-0.39, 0.29) is 0 Å². The summed E-state index contributed by atoms with van der Waals surface area (Å²) in [6.07, 6.45) is 4.19. The van der Waals surface area contributed by atoms with Gasteiger partial charge < -0.3 is 5.11 Å². The lowest BCUT2D eigenvalue weighted by molar-refractivity contribution is 0.463. The van der Waals surface area contributed by atoms with E-state index in [1.807, 2.05) is 42.5 Å². The zero-order valence-electron chi connectivity index (χ0n) is 13.8. The lowest BCUT2D eigenvalue weighted by atomic mass is 9.94. The molecule has 24 heavy (non-hydrogen) atoms. The first-order valence-corrected chi connectivity index (χ1v) is 8.28. The lowest BCUT2D eigenvalue weighted by Gasteiger charge is -2.13. The summed E-state index contributed by atoms with van der Waals surface area (Å²) in [5, 5.41) is 10.8. The quantitative estimate of drug-likeness (QED) is 0.612. The summed E-state index contributed by atoms with van der Waals surface area (Å²) in [5.41, 5.74) is 5.56. The van der Waals surface area contributed by atoms with Gasteiger partial charge in [-0.25, -0.2) is 0 Å². The van der Waals surface area contributed by atoms with Gasteiger partial charge in [0.2, 0.25) is 0 Å². The molecule has 0 bridgehead atoms. The molecule has 0 aliphatic carbocycles. The largest absolute Gasteiger partial charge is 0.507 e. The molecule has 0 saturated carbocycles. The summed E-state index contributed by atoms with van der Waals surface area (Å²) < 4.78 is 0. The zero-order valence-corrected chi connectivity index (χ0v) is 13.8. The molecule has 0 radical (unpaired) electrons. The van der Waals surface area contributed by atoms with Gasteiger partial charge in [-0.05, 0) is 34.2 Å². The fourth-order valence-electron chi connectivity index (χ4n) is 3.02. The van der Waals surface area contributed by atoms with Crippen LogP contribution in [0.15, 0.2) is 85.5 Å².